The van der Waals surface area contributed by atoms with Gasteiger partial charge in [0.2, 0.25) is 0 Å². The monoisotopic (exact) mass is 321 g/mol. The first-order chi connectivity index (χ1) is 10.2. The third-order valence-electron chi connectivity index (χ3n) is 3.10. The van der Waals surface area contributed by atoms with E-state index in [4.69, 9.17) is 0 Å². The van der Waals surface area contributed by atoms with Crippen LogP contribution < -0.4 is 5.32 Å². The van der Waals surface area contributed by atoms with Crippen LogP contribution in [0.3, 0.4) is 0 Å². The molecule has 2 rings (SSSR count). The van der Waals surface area contributed by atoms with Crippen molar-refractivity contribution >= 4 is 21.4 Å². The second-order valence-corrected chi connectivity index (χ2v) is 7.26. The molecule has 0 aliphatic rings. The van der Waals surface area contributed by atoms with Crippen molar-refractivity contribution < 1.29 is 17.6 Å². The number of carbonyl (C=O) groups is 1. The fraction of sp³-hybridized carbons (Fsp3) is 0.188. The third kappa shape index (κ3) is 3.71. The molecule has 1 amide bonds. The lowest BCUT2D eigenvalue weighted by Crippen LogP contribution is -2.14. The Balaban J connectivity index is 2.36. The van der Waals surface area contributed by atoms with E-state index in [0.29, 0.717) is 5.56 Å². The van der Waals surface area contributed by atoms with Gasteiger partial charge in [-0.05, 0) is 44.2 Å². The Hall–Kier alpha value is -2.21. The van der Waals surface area contributed by atoms with Crippen LogP contribution in [-0.4, -0.2) is 20.6 Å². The van der Waals surface area contributed by atoms with E-state index in [2.05, 4.69) is 5.32 Å². The van der Waals surface area contributed by atoms with Gasteiger partial charge in [0.1, 0.15) is 5.82 Å². The zero-order valence-electron chi connectivity index (χ0n) is 12.5. The standard InChI is InChI=1S/C16H16FNO3S/c1-10-6-11(2)8-12(7-10)16(19)18-15-9-13(22(3,20)21)4-5-14(15)17/h4-9H,1-3H3,(H,18,19). The molecule has 4 nitrogen and oxygen atoms in total. The Morgan fingerprint density at radius 3 is 2.18 bits per heavy atom. The molecule has 0 saturated carbocycles. The van der Waals surface area contributed by atoms with Crippen LogP contribution in [0.1, 0.15) is 21.5 Å². The van der Waals surface area contributed by atoms with Gasteiger partial charge in [-0.3, -0.25) is 4.79 Å². The van der Waals surface area contributed by atoms with Crippen molar-refractivity contribution in [3.63, 3.8) is 0 Å². The second kappa shape index (κ2) is 5.88. The van der Waals surface area contributed by atoms with E-state index in [-0.39, 0.29) is 10.6 Å². The molecule has 2 aromatic carbocycles. The zero-order chi connectivity index (χ0) is 16.5. The minimum absolute atomic E-state index is 0.0513. The predicted octanol–water partition coefficient (Wildman–Crippen LogP) is 3.10. The average Bonchev–Trinajstić information content (AvgIpc) is 2.38. The van der Waals surface area contributed by atoms with Crippen molar-refractivity contribution in [2.24, 2.45) is 0 Å². The third-order valence-corrected chi connectivity index (χ3v) is 4.21. The minimum atomic E-state index is -3.47. The van der Waals surface area contributed by atoms with Gasteiger partial charge in [0, 0.05) is 11.8 Å². The number of hydrogen-bond acceptors (Lipinski definition) is 3. The maximum Gasteiger partial charge on any atom is 0.255 e. The summed E-state index contributed by atoms with van der Waals surface area (Å²) in [5, 5.41) is 2.42. The number of anilines is 1. The van der Waals surface area contributed by atoms with Gasteiger partial charge < -0.3 is 5.32 Å². The van der Waals surface area contributed by atoms with Gasteiger partial charge in [-0.25, -0.2) is 12.8 Å². The van der Waals surface area contributed by atoms with Gasteiger partial charge in [0.15, 0.2) is 9.84 Å². The number of nitrogens with one attached hydrogen (secondary N) is 1. The molecule has 0 heterocycles. The van der Waals surface area contributed by atoms with E-state index in [0.717, 1.165) is 35.6 Å². The van der Waals surface area contributed by atoms with Crippen LogP contribution in [0.15, 0.2) is 41.3 Å². The quantitative estimate of drug-likeness (QED) is 0.884. The lowest BCUT2D eigenvalue weighted by molar-refractivity contribution is 0.102. The number of amides is 1. The molecule has 22 heavy (non-hydrogen) atoms. The summed E-state index contributed by atoms with van der Waals surface area (Å²) in [4.78, 5) is 12.2. The number of aryl methyl sites for hydroxylation is 2. The highest BCUT2D eigenvalue weighted by molar-refractivity contribution is 7.90. The largest absolute Gasteiger partial charge is 0.319 e. The fourth-order valence-corrected chi connectivity index (χ4v) is 2.78. The van der Waals surface area contributed by atoms with E-state index in [1.165, 1.54) is 0 Å². The number of carbonyl (C=O) groups excluding carboxylic acids is 1. The summed E-state index contributed by atoms with van der Waals surface area (Å²) in [6, 6.07) is 8.58. The molecule has 0 radical (unpaired) electrons. The van der Waals surface area contributed by atoms with Gasteiger partial charge in [0.05, 0.1) is 10.6 Å². The van der Waals surface area contributed by atoms with Crippen LogP contribution in [0, 0.1) is 19.7 Å². The Bertz CT molecular complexity index is 824. The second-order valence-electron chi connectivity index (χ2n) is 5.24. The average molecular weight is 321 g/mol. The molecule has 1 N–H and O–H groups in total. The molecular weight excluding hydrogens is 305 g/mol. The van der Waals surface area contributed by atoms with Gasteiger partial charge in [-0.2, -0.15) is 0 Å². The molecule has 0 spiro atoms. The summed E-state index contributed by atoms with van der Waals surface area (Å²) in [7, 11) is -3.47. The first kappa shape index (κ1) is 16.2. The fourth-order valence-electron chi connectivity index (χ4n) is 2.13. The van der Waals surface area contributed by atoms with Crippen molar-refractivity contribution in [1.82, 2.24) is 0 Å². The molecule has 0 aliphatic heterocycles. The van der Waals surface area contributed by atoms with Crippen LogP contribution in [0.5, 0.6) is 0 Å². The minimum Gasteiger partial charge on any atom is -0.319 e. The molecule has 0 aromatic heterocycles. The van der Waals surface area contributed by atoms with E-state index < -0.39 is 21.6 Å². The maximum absolute atomic E-state index is 13.8. The van der Waals surface area contributed by atoms with Crippen molar-refractivity contribution in [2.45, 2.75) is 18.7 Å². The molecule has 0 aliphatic carbocycles. The predicted molar refractivity (Wildman–Crippen MR) is 83.4 cm³/mol. The molecular formula is C16H16FNO3S. The van der Waals surface area contributed by atoms with Crippen LogP contribution >= 0.6 is 0 Å². The van der Waals surface area contributed by atoms with Gasteiger partial charge in [-0.1, -0.05) is 17.2 Å². The Morgan fingerprint density at radius 1 is 1.05 bits per heavy atom. The van der Waals surface area contributed by atoms with Crippen molar-refractivity contribution in [1.29, 1.82) is 0 Å². The summed E-state index contributed by atoms with van der Waals surface area (Å²) in [6.45, 7) is 3.71. The molecule has 116 valence electrons. The van der Waals surface area contributed by atoms with E-state index in [1.54, 1.807) is 12.1 Å². The molecule has 6 heteroatoms. The normalized spacial score (nSPS) is 11.3. The zero-order valence-corrected chi connectivity index (χ0v) is 13.3. The van der Waals surface area contributed by atoms with E-state index >= 15 is 0 Å². The van der Waals surface area contributed by atoms with Crippen molar-refractivity contribution in [2.75, 3.05) is 11.6 Å². The van der Waals surface area contributed by atoms with Crippen molar-refractivity contribution in [3.8, 4) is 0 Å². The summed E-state index contributed by atoms with van der Waals surface area (Å²) in [5.41, 5.74) is 2.06. The highest BCUT2D eigenvalue weighted by Gasteiger charge is 2.14. The molecule has 0 saturated heterocycles. The summed E-state index contributed by atoms with van der Waals surface area (Å²) in [5.74, 6) is -1.18. The molecule has 2 aromatic rings. The number of benzene rings is 2. The highest BCUT2D eigenvalue weighted by Crippen LogP contribution is 2.20. The smallest absolute Gasteiger partial charge is 0.255 e. The van der Waals surface area contributed by atoms with Crippen LogP contribution in [0.4, 0.5) is 10.1 Å². The molecule has 0 unspecified atom stereocenters. The number of halogens is 1. The number of hydrogen-bond donors (Lipinski definition) is 1. The SMILES string of the molecule is Cc1cc(C)cc(C(=O)Nc2cc(S(C)(=O)=O)ccc2F)c1. The van der Waals surface area contributed by atoms with E-state index in [1.807, 2.05) is 19.9 Å². The Morgan fingerprint density at radius 2 is 1.64 bits per heavy atom. The van der Waals surface area contributed by atoms with Crippen LogP contribution in [-0.2, 0) is 9.84 Å². The Kier molecular flexibility index (Phi) is 4.32. The van der Waals surface area contributed by atoms with Crippen molar-refractivity contribution in [3.05, 3.63) is 58.9 Å². The summed E-state index contributed by atoms with van der Waals surface area (Å²) in [6.07, 6.45) is 1.02. The lowest BCUT2D eigenvalue weighted by atomic mass is 10.1. The van der Waals surface area contributed by atoms with Crippen LogP contribution in [0.25, 0.3) is 0 Å². The van der Waals surface area contributed by atoms with Gasteiger partial charge >= 0.3 is 0 Å². The maximum atomic E-state index is 13.8. The van der Waals surface area contributed by atoms with Gasteiger partial charge in [-0.15, -0.1) is 0 Å². The summed E-state index contributed by atoms with van der Waals surface area (Å²) >= 11 is 0. The first-order valence-electron chi connectivity index (χ1n) is 6.56. The Labute approximate surface area is 128 Å². The summed E-state index contributed by atoms with van der Waals surface area (Å²) < 4.78 is 36.8. The first-order valence-corrected chi connectivity index (χ1v) is 8.45. The molecule has 0 fully saturated rings. The van der Waals surface area contributed by atoms with E-state index in [9.17, 15) is 17.6 Å². The highest BCUT2D eigenvalue weighted by atomic mass is 32.2. The molecule has 0 atom stereocenters. The van der Waals surface area contributed by atoms with Crippen LogP contribution in [0.2, 0.25) is 0 Å². The number of sulfone groups is 1. The van der Waals surface area contributed by atoms with Gasteiger partial charge in [0.25, 0.3) is 5.91 Å². The number of rotatable bonds is 3. The molecule has 0 bridgehead atoms. The topological polar surface area (TPSA) is 63.2 Å². The lowest BCUT2D eigenvalue weighted by Gasteiger charge is -2.09.